The Bertz CT molecular complexity index is 700. The third-order valence-electron chi connectivity index (χ3n) is 5.90. The summed E-state index contributed by atoms with van der Waals surface area (Å²) in [5.41, 5.74) is -0.0641. The van der Waals surface area contributed by atoms with Crippen LogP contribution in [0.15, 0.2) is 29.3 Å². The van der Waals surface area contributed by atoms with Crippen molar-refractivity contribution in [2.45, 2.75) is 61.9 Å². The standard InChI is InChI=1S/C19H24F3N3O/c1-23-17(25-15-10-14-5-6-16(15)26-14)24-11-18(7-8-18)12-3-2-4-13(9-12)19(20,21)22/h2-4,9,14-16H,5-8,10-11H2,1H3,(H2,23,24,25). The third kappa shape index (κ3) is 3.41. The van der Waals surface area contributed by atoms with E-state index in [1.54, 1.807) is 13.1 Å². The van der Waals surface area contributed by atoms with Crippen LogP contribution in [0.2, 0.25) is 0 Å². The van der Waals surface area contributed by atoms with Crippen molar-refractivity contribution in [2.75, 3.05) is 13.6 Å². The maximum Gasteiger partial charge on any atom is 0.416 e. The molecule has 2 N–H and O–H groups in total. The molecule has 7 heteroatoms. The van der Waals surface area contributed by atoms with Gasteiger partial charge in [0.2, 0.25) is 0 Å². The molecule has 0 spiro atoms. The molecular weight excluding hydrogens is 343 g/mol. The summed E-state index contributed by atoms with van der Waals surface area (Å²) in [5, 5.41) is 6.74. The molecule has 0 aromatic heterocycles. The zero-order valence-electron chi connectivity index (χ0n) is 14.8. The highest BCUT2D eigenvalue weighted by Gasteiger charge is 2.46. The molecule has 4 nitrogen and oxygen atoms in total. The second-order valence-corrected chi connectivity index (χ2v) is 7.65. The minimum Gasteiger partial charge on any atom is -0.373 e. The first-order chi connectivity index (χ1) is 12.4. The van der Waals surface area contributed by atoms with E-state index in [2.05, 4.69) is 15.6 Å². The predicted octanol–water partition coefficient (Wildman–Crippen LogP) is 3.22. The molecule has 1 aliphatic carbocycles. The van der Waals surface area contributed by atoms with Crippen LogP contribution in [-0.4, -0.2) is 37.8 Å². The van der Waals surface area contributed by atoms with Crippen LogP contribution >= 0.6 is 0 Å². The van der Waals surface area contributed by atoms with Crippen LogP contribution in [0.4, 0.5) is 13.2 Å². The Hall–Kier alpha value is -1.76. The molecule has 0 amide bonds. The van der Waals surface area contributed by atoms with Gasteiger partial charge in [0.25, 0.3) is 0 Å². The van der Waals surface area contributed by atoms with Crippen molar-refractivity contribution in [3.05, 3.63) is 35.4 Å². The van der Waals surface area contributed by atoms with Gasteiger partial charge < -0.3 is 15.4 Å². The third-order valence-corrected chi connectivity index (χ3v) is 5.90. The lowest BCUT2D eigenvalue weighted by atomic mass is 9.94. The van der Waals surface area contributed by atoms with Gasteiger partial charge in [-0.05, 0) is 43.7 Å². The molecule has 1 aromatic carbocycles. The molecule has 2 saturated heterocycles. The molecule has 1 aromatic rings. The van der Waals surface area contributed by atoms with Crippen molar-refractivity contribution in [1.82, 2.24) is 10.6 Å². The fraction of sp³-hybridized carbons (Fsp3) is 0.632. The molecule has 142 valence electrons. The minimum absolute atomic E-state index is 0.232. The number of alkyl halides is 3. The fourth-order valence-corrected chi connectivity index (χ4v) is 4.16. The number of hydrogen-bond acceptors (Lipinski definition) is 2. The quantitative estimate of drug-likeness (QED) is 0.635. The Labute approximate surface area is 151 Å². The number of halogens is 3. The van der Waals surface area contributed by atoms with Crippen molar-refractivity contribution >= 4 is 5.96 Å². The molecule has 26 heavy (non-hydrogen) atoms. The summed E-state index contributed by atoms with van der Waals surface area (Å²) in [7, 11) is 1.72. The summed E-state index contributed by atoms with van der Waals surface area (Å²) >= 11 is 0. The highest BCUT2D eigenvalue weighted by atomic mass is 19.4. The number of nitrogens with one attached hydrogen (secondary N) is 2. The van der Waals surface area contributed by atoms with Crippen molar-refractivity contribution in [3.63, 3.8) is 0 Å². The van der Waals surface area contributed by atoms with E-state index in [0.29, 0.717) is 18.6 Å². The number of hydrogen-bond donors (Lipinski definition) is 2. The second-order valence-electron chi connectivity index (χ2n) is 7.65. The molecule has 3 fully saturated rings. The van der Waals surface area contributed by atoms with Crippen molar-refractivity contribution in [2.24, 2.45) is 4.99 Å². The molecular formula is C19H24F3N3O. The molecule has 3 atom stereocenters. The molecule has 2 bridgehead atoms. The summed E-state index contributed by atoms with van der Waals surface area (Å²) in [6.45, 7) is 0.579. The SMILES string of the molecule is CN=C(NCC1(c2cccc(C(F)(F)F)c2)CC1)NC1CC2CCC1O2. The lowest BCUT2D eigenvalue weighted by Gasteiger charge is -2.24. The first-order valence-corrected chi connectivity index (χ1v) is 9.20. The molecule has 4 rings (SSSR count). The zero-order valence-corrected chi connectivity index (χ0v) is 14.8. The number of rotatable bonds is 4. The van der Waals surface area contributed by atoms with Gasteiger partial charge in [-0.15, -0.1) is 0 Å². The number of guanidine groups is 1. The van der Waals surface area contributed by atoms with Crippen LogP contribution in [0.1, 0.15) is 43.2 Å². The second kappa shape index (κ2) is 6.44. The number of nitrogens with zero attached hydrogens (tertiary/aromatic N) is 1. The van der Waals surface area contributed by atoms with Gasteiger partial charge in [0.15, 0.2) is 5.96 Å². The largest absolute Gasteiger partial charge is 0.416 e. The molecule has 2 aliphatic heterocycles. The Balaban J connectivity index is 1.39. The van der Waals surface area contributed by atoms with E-state index in [1.807, 2.05) is 0 Å². The number of fused-ring (bicyclic) bond motifs is 2. The fourth-order valence-electron chi connectivity index (χ4n) is 4.16. The highest BCUT2D eigenvalue weighted by molar-refractivity contribution is 5.80. The van der Waals surface area contributed by atoms with Crippen LogP contribution in [0.3, 0.4) is 0 Å². The minimum atomic E-state index is -4.31. The maximum absolute atomic E-state index is 13.0. The lowest BCUT2D eigenvalue weighted by molar-refractivity contribution is -0.137. The van der Waals surface area contributed by atoms with Gasteiger partial charge >= 0.3 is 6.18 Å². The summed E-state index contributed by atoms with van der Waals surface area (Å²) in [6, 6.07) is 5.97. The number of ether oxygens (including phenoxy) is 1. The van der Waals surface area contributed by atoms with Crippen LogP contribution in [0.25, 0.3) is 0 Å². The first kappa shape index (κ1) is 17.6. The van der Waals surface area contributed by atoms with Gasteiger partial charge in [0.1, 0.15) is 0 Å². The maximum atomic E-state index is 13.0. The predicted molar refractivity (Wildman–Crippen MR) is 93.2 cm³/mol. The van der Waals surface area contributed by atoms with Crippen LogP contribution in [-0.2, 0) is 16.3 Å². The summed E-state index contributed by atoms with van der Waals surface area (Å²) < 4.78 is 44.8. The summed E-state index contributed by atoms with van der Waals surface area (Å²) in [6.07, 6.45) is 1.27. The molecule has 0 radical (unpaired) electrons. The van der Waals surface area contributed by atoms with E-state index < -0.39 is 11.7 Å². The first-order valence-electron chi connectivity index (χ1n) is 9.20. The normalized spacial score (nSPS) is 29.7. The smallest absolute Gasteiger partial charge is 0.373 e. The van der Waals surface area contributed by atoms with Crippen LogP contribution in [0.5, 0.6) is 0 Å². The van der Waals surface area contributed by atoms with E-state index >= 15 is 0 Å². The van der Waals surface area contributed by atoms with Crippen molar-refractivity contribution in [1.29, 1.82) is 0 Å². The zero-order chi connectivity index (χ0) is 18.4. The number of benzene rings is 1. The van der Waals surface area contributed by atoms with Crippen molar-refractivity contribution in [3.8, 4) is 0 Å². The topological polar surface area (TPSA) is 45.7 Å². The van der Waals surface area contributed by atoms with Gasteiger partial charge in [0.05, 0.1) is 23.8 Å². The monoisotopic (exact) mass is 367 g/mol. The Kier molecular flexibility index (Phi) is 4.37. The number of aliphatic imine (C=N–C) groups is 1. The molecule has 1 saturated carbocycles. The van der Waals surface area contributed by atoms with Gasteiger partial charge in [0, 0.05) is 19.0 Å². The van der Waals surface area contributed by atoms with Gasteiger partial charge in [-0.25, -0.2) is 0 Å². The van der Waals surface area contributed by atoms with E-state index in [4.69, 9.17) is 4.74 Å². The highest BCUT2D eigenvalue weighted by Crippen LogP contribution is 2.48. The van der Waals surface area contributed by atoms with E-state index in [-0.39, 0.29) is 17.6 Å². The molecule has 2 heterocycles. The Morgan fingerprint density at radius 1 is 1.31 bits per heavy atom. The van der Waals surface area contributed by atoms with Gasteiger partial charge in [-0.1, -0.05) is 18.2 Å². The van der Waals surface area contributed by atoms with Crippen molar-refractivity contribution < 1.29 is 17.9 Å². The van der Waals surface area contributed by atoms with E-state index in [0.717, 1.165) is 43.7 Å². The average molecular weight is 367 g/mol. The average Bonchev–Trinajstić information content (AvgIpc) is 3.13. The summed E-state index contributed by atoms with van der Waals surface area (Å²) in [4.78, 5) is 4.28. The van der Waals surface area contributed by atoms with Gasteiger partial charge in [-0.2, -0.15) is 13.2 Å². The van der Waals surface area contributed by atoms with Crippen LogP contribution < -0.4 is 10.6 Å². The molecule has 3 unspecified atom stereocenters. The van der Waals surface area contributed by atoms with Crippen LogP contribution in [0, 0.1) is 0 Å². The Morgan fingerprint density at radius 2 is 2.12 bits per heavy atom. The molecule has 3 aliphatic rings. The van der Waals surface area contributed by atoms with E-state index in [1.165, 1.54) is 12.1 Å². The Morgan fingerprint density at radius 3 is 2.69 bits per heavy atom. The lowest BCUT2D eigenvalue weighted by Crippen LogP contribution is -2.49. The summed E-state index contributed by atoms with van der Waals surface area (Å²) in [5.74, 6) is 0.699. The van der Waals surface area contributed by atoms with E-state index in [9.17, 15) is 13.2 Å². The van der Waals surface area contributed by atoms with Gasteiger partial charge in [-0.3, -0.25) is 4.99 Å².